The van der Waals surface area contributed by atoms with E-state index < -0.39 is 23.6 Å². The van der Waals surface area contributed by atoms with Gasteiger partial charge in [0.2, 0.25) is 0 Å². The van der Waals surface area contributed by atoms with Crippen LogP contribution in [0.2, 0.25) is 0 Å². The number of benzene rings is 1. The molecule has 0 fully saturated rings. The zero-order valence-corrected chi connectivity index (χ0v) is 12.8. The molecule has 3 rings (SSSR count). The van der Waals surface area contributed by atoms with Crippen LogP contribution in [-0.2, 0) is 0 Å². The van der Waals surface area contributed by atoms with E-state index in [1.54, 1.807) is 42.2 Å². The first-order valence-corrected chi connectivity index (χ1v) is 7.26. The smallest absolute Gasteiger partial charge is 0.270 e. The average molecular weight is 328 g/mol. The maximum absolute atomic E-state index is 13.3. The topological polar surface area (TPSA) is 59.8 Å². The predicted octanol–water partition coefficient (Wildman–Crippen LogP) is 3.04. The molecule has 0 saturated heterocycles. The lowest BCUT2D eigenvalue weighted by Crippen LogP contribution is -2.27. The van der Waals surface area contributed by atoms with Crippen LogP contribution in [-0.4, -0.2) is 20.7 Å². The molecule has 0 radical (unpaired) electrons. The van der Waals surface area contributed by atoms with Gasteiger partial charge in [-0.2, -0.15) is 5.10 Å². The number of hydrogen-bond acceptors (Lipinski definition) is 3. The van der Waals surface area contributed by atoms with Gasteiger partial charge in [0.1, 0.15) is 5.69 Å². The summed E-state index contributed by atoms with van der Waals surface area (Å²) in [6.07, 6.45) is 4.89. The Bertz CT molecular complexity index is 865. The van der Waals surface area contributed by atoms with Crippen molar-refractivity contribution in [1.82, 2.24) is 20.1 Å². The Morgan fingerprint density at radius 2 is 2.00 bits per heavy atom. The predicted molar refractivity (Wildman–Crippen MR) is 83.6 cm³/mol. The van der Waals surface area contributed by atoms with Crippen molar-refractivity contribution in [3.8, 4) is 5.69 Å². The van der Waals surface area contributed by atoms with Crippen LogP contribution in [0.5, 0.6) is 0 Å². The normalized spacial score (nSPS) is 12.0. The third-order valence-electron chi connectivity index (χ3n) is 3.54. The van der Waals surface area contributed by atoms with Gasteiger partial charge in [-0.05, 0) is 42.8 Å². The van der Waals surface area contributed by atoms with Crippen molar-refractivity contribution in [3.63, 3.8) is 0 Å². The maximum Gasteiger partial charge on any atom is 0.270 e. The van der Waals surface area contributed by atoms with Gasteiger partial charge in [0, 0.05) is 18.6 Å². The largest absolute Gasteiger partial charge is 0.344 e. The number of amides is 1. The van der Waals surface area contributed by atoms with Crippen LogP contribution in [0.1, 0.15) is 29.0 Å². The van der Waals surface area contributed by atoms with Gasteiger partial charge >= 0.3 is 0 Å². The molecule has 0 aliphatic rings. The Morgan fingerprint density at radius 3 is 2.71 bits per heavy atom. The molecule has 1 amide bonds. The summed E-state index contributed by atoms with van der Waals surface area (Å²) in [5, 5.41) is 6.80. The molecule has 1 atom stereocenters. The number of nitrogens with zero attached hydrogens (tertiary/aromatic N) is 3. The quantitative estimate of drug-likeness (QED) is 0.801. The van der Waals surface area contributed by atoms with Gasteiger partial charge in [0.15, 0.2) is 11.6 Å². The molecule has 2 aromatic heterocycles. The molecule has 7 heteroatoms. The minimum absolute atomic E-state index is 0.206. The summed E-state index contributed by atoms with van der Waals surface area (Å²) in [4.78, 5) is 16.4. The molecule has 0 aliphatic carbocycles. The van der Waals surface area contributed by atoms with Crippen molar-refractivity contribution in [3.05, 3.63) is 77.9 Å². The van der Waals surface area contributed by atoms with Crippen molar-refractivity contribution in [1.29, 1.82) is 0 Å². The molecule has 2 heterocycles. The third kappa shape index (κ3) is 3.29. The van der Waals surface area contributed by atoms with E-state index >= 15 is 0 Å². The molecule has 1 N–H and O–H groups in total. The number of aromatic nitrogens is 3. The van der Waals surface area contributed by atoms with Crippen molar-refractivity contribution in [2.75, 3.05) is 0 Å². The maximum atomic E-state index is 13.3. The van der Waals surface area contributed by atoms with E-state index in [1.165, 1.54) is 12.3 Å². The van der Waals surface area contributed by atoms with Gasteiger partial charge in [-0.1, -0.05) is 6.07 Å². The SMILES string of the molecule is C[C@@H](NC(=O)c1cc(-n2cccn2)ccn1)c1ccc(F)c(F)c1. The molecule has 3 aromatic rings. The molecule has 0 aliphatic heterocycles. The molecule has 0 saturated carbocycles. The first-order valence-electron chi connectivity index (χ1n) is 7.26. The fraction of sp³-hybridized carbons (Fsp3) is 0.118. The molecule has 5 nitrogen and oxygen atoms in total. The number of carbonyl (C=O) groups is 1. The lowest BCUT2D eigenvalue weighted by molar-refractivity contribution is 0.0934. The summed E-state index contributed by atoms with van der Waals surface area (Å²) < 4.78 is 27.9. The second-order valence-electron chi connectivity index (χ2n) is 5.22. The van der Waals surface area contributed by atoms with Gasteiger partial charge < -0.3 is 5.32 Å². The Balaban J connectivity index is 1.77. The van der Waals surface area contributed by atoms with Gasteiger partial charge in [-0.15, -0.1) is 0 Å². The highest BCUT2D eigenvalue weighted by atomic mass is 19.2. The van der Waals surface area contributed by atoms with Crippen molar-refractivity contribution < 1.29 is 13.6 Å². The number of rotatable bonds is 4. The number of halogens is 2. The number of hydrogen-bond donors (Lipinski definition) is 1. The first kappa shape index (κ1) is 15.8. The van der Waals surface area contributed by atoms with E-state index in [0.29, 0.717) is 11.3 Å². The monoisotopic (exact) mass is 328 g/mol. The molecule has 0 spiro atoms. The van der Waals surface area contributed by atoms with E-state index in [4.69, 9.17) is 0 Å². The third-order valence-corrected chi connectivity index (χ3v) is 3.54. The minimum atomic E-state index is -0.951. The van der Waals surface area contributed by atoms with E-state index in [9.17, 15) is 13.6 Å². The molecule has 0 unspecified atom stereocenters. The highest BCUT2D eigenvalue weighted by molar-refractivity contribution is 5.93. The minimum Gasteiger partial charge on any atom is -0.344 e. The van der Waals surface area contributed by atoms with Gasteiger partial charge in [-0.3, -0.25) is 9.78 Å². The average Bonchev–Trinajstić information content (AvgIpc) is 3.12. The number of pyridine rings is 1. The fourth-order valence-electron chi connectivity index (χ4n) is 2.24. The van der Waals surface area contributed by atoms with Gasteiger partial charge in [0.25, 0.3) is 5.91 Å². The molecule has 122 valence electrons. The van der Waals surface area contributed by atoms with Crippen LogP contribution in [0.3, 0.4) is 0 Å². The van der Waals surface area contributed by atoms with E-state index in [2.05, 4.69) is 15.4 Å². The summed E-state index contributed by atoms with van der Waals surface area (Å²) >= 11 is 0. The second kappa shape index (κ2) is 6.57. The summed E-state index contributed by atoms with van der Waals surface area (Å²) in [7, 11) is 0. The number of carbonyl (C=O) groups excluding carboxylic acids is 1. The summed E-state index contributed by atoms with van der Waals surface area (Å²) in [5.41, 5.74) is 1.36. The highest BCUT2D eigenvalue weighted by Crippen LogP contribution is 2.16. The van der Waals surface area contributed by atoms with Gasteiger partial charge in [0.05, 0.1) is 11.7 Å². The lowest BCUT2D eigenvalue weighted by Gasteiger charge is -2.14. The van der Waals surface area contributed by atoms with E-state index in [1.807, 2.05) is 0 Å². The highest BCUT2D eigenvalue weighted by Gasteiger charge is 2.15. The Labute approximate surface area is 137 Å². The van der Waals surface area contributed by atoms with E-state index in [0.717, 1.165) is 12.1 Å². The molecule has 24 heavy (non-hydrogen) atoms. The Morgan fingerprint density at radius 1 is 1.17 bits per heavy atom. The van der Waals surface area contributed by atoms with Crippen molar-refractivity contribution >= 4 is 5.91 Å². The van der Waals surface area contributed by atoms with Crippen molar-refractivity contribution in [2.45, 2.75) is 13.0 Å². The van der Waals surface area contributed by atoms with Crippen LogP contribution >= 0.6 is 0 Å². The summed E-state index contributed by atoms with van der Waals surface area (Å²) in [5.74, 6) is -2.29. The lowest BCUT2D eigenvalue weighted by atomic mass is 10.1. The zero-order chi connectivity index (χ0) is 17.1. The summed E-state index contributed by atoms with van der Waals surface area (Å²) in [6.45, 7) is 1.68. The fourth-order valence-corrected chi connectivity index (χ4v) is 2.24. The van der Waals surface area contributed by atoms with Crippen LogP contribution in [0.25, 0.3) is 5.69 Å². The zero-order valence-electron chi connectivity index (χ0n) is 12.8. The number of nitrogens with one attached hydrogen (secondary N) is 1. The van der Waals surface area contributed by atoms with Crippen LogP contribution in [0.15, 0.2) is 55.0 Å². The van der Waals surface area contributed by atoms with Crippen LogP contribution in [0.4, 0.5) is 8.78 Å². The Hall–Kier alpha value is -3.09. The van der Waals surface area contributed by atoms with Crippen molar-refractivity contribution in [2.24, 2.45) is 0 Å². The van der Waals surface area contributed by atoms with Gasteiger partial charge in [-0.25, -0.2) is 13.5 Å². The van der Waals surface area contributed by atoms with Crippen LogP contribution < -0.4 is 5.32 Å². The molecule has 0 bridgehead atoms. The molecular formula is C17H14F2N4O. The summed E-state index contributed by atoms with van der Waals surface area (Å²) in [6, 6.07) is 8.12. The van der Waals surface area contributed by atoms with Crippen LogP contribution in [0, 0.1) is 11.6 Å². The second-order valence-corrected chi connectivity index (χ2v) is 5.22. The molecular weight excluding hydrogens is 314 g/mol. The first-order chi connectivity index (χ1) is 11.5. The molecule has 1 aromatic carbocycles. The standard InChI is InChI=1S/C17H14F2N4O/c1-11(12-3-4-14(18)15(19)9-12)22-17(24)16-10-13(5-7-20-16)23-8-2-6-21-23/h2-11H,1H3,(H,22,24)/t11-/m1/s1. The Kier molecular flexibility index (Phi) is 4.33. The van der Waals surface area contributed by atoms with E-state index in [-0.39, 0.29) is 5.69 Å².